The number of benzene rings is 1. The smallest absolute Gasteiger partial charge is 0.317 e. The SMILES string of the molecule is CC(C)(C)N(CC(=O)O)Cc1ccccc1Cl. The maximum absolute atomic E-state index is 10.9. The van der Waals surface area contributed by atoms with E-state index in [1.807, 2.05) is 49.9 Å². The summed E-state index contributed by atoms with van der Waals surface area (Å²) >= 11 is 6.08. The van der Waals surface area contributed by atoms with Crippen LogP contribution in [0, 0.1) is 0 Å². The fourth-order valence-electron chi connectivity index (χ4n) is 1.53. The van der Waals surface area contributed by atoms with Crippen LogP contribution in [0.25, 0.3) is 0 Å². The minimum atomic E-state index is -0.827. The van der Waals surface area contributed by atoms with Gasteiger partial charge in [0.2, 0.25) is 0 Å². The van der Waals surface area contributed by atoms with Crippen LogP contribution in [-0.2, 0) is 11.3 Å². The Kier molecular flexibility index (Phi) is 4.54. The lowest BCUT2D eigenvalue weighted by molar-refractivity contribution is -0.139. The van der Waals surface area contributed by atoms with Crippen LogP contribution < -0.4 is 0 Å². The molecule has 0 aliphatic carbocycles. The van der Waals surface area contributed by atoms with Crippen molar-refractivity contribution in [2.45, 2.75) is 32.9 Å². The van der Waals surface area contributed by atoms with Crippen molar-refractivity contribution < 1.29 is 9.90 Å². The maximum Gasteiger partial charge on any atom is 0.317 e. The van der Waals surface area contributed by atoms with Gasteiger partial charge in [-0.25, -0.2) is 0 Å². The molecule has 0 fully saturated rings. The van der Waals surface area contributed by atoms with Crippen LogP contribution in [-0.4, -0.2) is 28.1 Å². The molecule has 0 amide bonds. The number of nitrogens with zero attached hydrogens (tertiary/aromatic N) is 1. The van der Waals surface area contributed by atoms with Crippen LogP contribution >= 0.6 is 11.6 Å². The number of hydrogen-bond acceptors (Lipinski definition) is 2. The first-order valence-electron chi connectivity index (χ1n) is 5.51. The zero-order valence-corrected chi connectivity index (χ0v) is 11.2. The lowest BCUT2D eigenvalue weighted by Gasteiger charge is -2.34. The summed E-state index contributed by atoms with van der Waals surface area (Å²) in [5.41, 5.74) is 0.739. The summed E-state index contributed by atoms with van der Waals surface area (Å²) in [6.07, 6.45) is 0. The Hall–Kier alpha value is -1.06. The molecular formula is C13H18ClNO2. The summed E-state index contributed by atoms with van der Waals surface area (Å²) in [5, 5.41) is 9.59. The lowest BCUT2D eigenvalue weighted by atomic mass is 10.0. The minimum absolute atomic E-state index is 0.00865. The number of hydrogen-bond donors (Lipinski definition) is 1. The van der Waals surface area contributed by atoms with E-state index in [1.165, 1.54) is 0 Å². The maximum atomic E-state index is 10.9. The molecule has 1 N–H and O–H groups in total. The molecule has 0 unspecified atom stereocenters. The number of aliphatic carboxylic acids is 1. The molecule has 1 aromatic carbocycles. The first kappa shape index (κ1) is 14.0. The highest BCUT2D eigenvalue weighted by molar-refractivity contribution is 6.31. The number of halogens is 1. The van der Waals surface area contributed by atoms with E-state index >= 15 is 0 Å². The molecule has 0 bridgehead atoms. The van der Waals surface area contributed by atoms with E-state index in [0.29, 0.717) is 11.6 Å². The second-order valence-electron chi connectivity index (χ2n) is 5.01. The fourth-order valence-corrected chi connectivity index (χ4v) is 1.72. The molecule has 4 heteroatoms. The predicted molar refractivity (Wildman–Crippen MR) is 69.3 cm³/mol. The molecule has 1 rings (SSSR count). The first-order chi connectivity index (χ1) is 7.80. The Bertz CT molecular complexity index is 399. The third-order valence-electron chi connectivity index (χ3n) is 2.59. The molecule has 0 saturated carbocycles. The summed E-state index contributed by atoms with van der Waals surface area (Å²) in [6, 6.07) is 7.51. The molecule has 0 atom stereocenters. The normalized spacial score (nSPS) is 11.8. The van der Waals surface area contributed by atoms with Gasteiger partial charge in [-0.3, -0.25) is 9.69 Å². The van der Waals surface area contributed by atoms with Gasteiger partial charge in [-0.05, 0) is 32.4 Å². The second kappa shape index (κ2) is 5.52. The molecule has 0 spiro atoms. The molecule has 1 aromatic rings. The Morgan fingerprint density at radius 3 is 2.41 bits per heavy atom. The molecule has 0 heterocycles. The van der Waals surface area contributed by atoms with Crippen LogP contribution in [0.15, 0.2) is 24.3 Å². The third-order valence-corrected chi connectivity index (χ3v) is 2.96. The fraction of sp³-hybridized carbons (Fsp3) is 0.462. The van der Waals surface area contributed by atoms with Crippen LogP contribution in [0.4, 0.5) is 0 Å². The van der Waals surface area contributed by atoms with Gasteiger partial charge in [0.1, 0.15) is 0 Å². The highest BCUT2D eigenvalue weighted by Gasteiger charge is 2.24. The summed E-state index contributed by atoms with van der Waals surface area (Å²) < 4.78 is 0. The number of rotatable bonds is 4. The average molecular weight is 256 g/mol. The monoisotopic (exact) mass is 255 g/mol. The van der Waals surface area contributed by atoms with Crippen molar-refractivity contribution in [2.75, 3.05) is 6.54 Å². The summed E-state index contributed by atoms with van der Waals surface area (Å²) in [6.45, 7) is 6.52. The lowest BCUT2D eigenvalue weighted by Crippen LogP contribution is -2.43. The first-order valence-corrected chi connectivity index (χ1v) is 5.89. The van der Waals surface area contributed by atoms with E-state index in [9.17, 15) is 4.79 Å². The van der Waals surface area contributed by atoms with Gasteiger partial charge >= 0.3 is 5.97 Å². The predicted octanol–water partition coefficient (Wildman–Crippen LogP) is 3.03. The van der Waals surface area contributed by atoms with Gasteiger partial charge in [-0.2, -0.15) is 0 Å². The zero-order chi connectivity index (χ0) is 13.1. The van der Waals surface area contributed by atoms with Crippen molar-refractivity contribution in [2.24, 2.45) is 0 Å². The van der Waals surface area contributed by atoms with Crippen molar-refractivity contribution in [1.82, 2.24) is 4.90 Å². The Morgan fingerprint density at radius 1 is 1.35 bits per heavy atom. The van der Waals surface area contributed by atoms with Gasteiger partial charge in [0, 0.05) is 17.1 Å². The third kappa shape index (κ3) is 4.36. The van der Waals surface area contributed by atoms with Crippen molar-refractivity contribution in [1.29, 1.82) is 0 Å². The Balaban J connectivity index is 2.87. The van der Waals surface area contributed by atoms with E-state index in [4.69, 9.17) is 16.7 Å². The largest absolute Gasteiger partial charge is 0.480 e. The van der Waals surface area contributed by atoms with Crippen LogP contribution in [0.5, 0.6) is 0 Å². The molecular weight excluding hydrogens is 238 g/mol. The second-order valence-corrected chi connectivity index (χ2v) is 5.42. The van der Waals surface area contributed by atoms with Gasteiger partial charge in [0.05, 0.1) is 6.54 Å². The summed E-state index contributed by atoms with van der Waals surface area (Å²) in [5.74, 6) is -0.827. The van der Waals surface area contributed by atoms with E-state index in [2.05, 4.69) is 0 Å². The highest BCUT2D eigenvalue weighted by atomic mass is 35.5. The van der Waals surface area contributed by atoms with Crippen LogP contribution in [0.3, 0.4) is 0 Å². The Labute approximate surface area is 107 Å². The Morgan fingerprint density at radius 2 is 1.94 bits per heavy atom. The molecule has 94 valence electrons. The number of carboxylic acid groups (broad SMARTS) is 1. The molecule has 0 aromatic heterocycles. The molecule has 0 aliphatic rings. The zero-order valence-electron chi connectivity index (χ0n) is 10.4. The number of carboxylic acids is 1. The average Bonchev–Trinajstić information content (AvgIpc) is 2.18. The van der Waals surface area contributed by atoms with Crippen molar-refractivity contribution in [3.05, 3.63) is 34.9 Å². The highest BCUT2D eigenvalue weighted by Crippen LogP contribution is 2.21. The van der Waals surface area contributed by atoms with E-state index < -0.39 is 5.97 Å². The molecule has 17 heavy (non-hydrogen) atoms. The standard InChI is InChI=1S/C13H18ClNO2/c1-13(2,3)15(9-12(16)17)8-10-6-4-5-7-11(10)14/h4-7H,8-9H2,1-3H3,(H,16,17). The van der Waals surface area contributed by atoms with Crippen molar-refractivity contribution >= 4 is 17.6 Å². The van der Waals surface area contributed by atoms with Gasteiger partial charge in [0.25, 0.3) is 0 Å². The number of carbonyl (C=O) groups is 1. The summed E-state index contributed by atoms with van der Waals surface area (Å²) in [7, 11) is 0. The van der Waals surface area contributed by atoms with Gasteiger partial charge in [0.15, 0.2) is 0 Å². The van der Waals surface area contributed by atoms with Gasteiger partial charge < -0.3 is 5.11 Å². The van der Waals surface area contributed by atoms with E-state index in [1.54, 1.807) is 0 Å². The summed E-state index contributed by atoms with van der Waals surface area (Å²) in [4.78, 5) is 12.7. The van der Waals surface area contributed by atoms with E-state index in [0.717, 1.165) is 5.56 Å². The molecule has 0 radical (unpaired) electrons. The van der Waals surface area contributed by atoms with Crippen molar-refractivity contribution in [3.8, 4) is 0 Å². The molecule has 0 aliphatic heterocycles. The van der Waals surface area contributed by atoms with Crippen LogP contribution in [0.2, 0.25) is 5.02 Å². The van der Waals surface area contributed by atoms with E-state index in [-0.39, 0.29) is 12.1 Å². The topological polar surface area (TPSA) is 40.5 Å². The van der Waals surface area contributed by atoms with Crippen molar-refractivity contribution in [3.63, 3.8) is 0 Å². The molecule has 3 nitrogen and oxygen atoms in total. The van der Waals surface area contributed by atoms with Gasteiger partial charge in [-0.15, -0.1) is 0 Å². The minimum Gasteiger partial charge on any atom is -0.480 e. The van der Waals surface area contributed by atoms with Gasteiger partial charge in [-0.1, -0.05) is 29.8 Å². The van der Waals surface area contributed by atoms with Crippen LogP contribution in [0.1, 0.15) is 26.3 Å². The quantitative estimate of drug-likeness (QED) is 0.899. The molecule has 0 saturated heterocycles.